The molecule has 1 saturated heterocycles. The van der Waals surface area contributed by atoms with Crippen LogP contribution in [-0.4, -0.2) is 61.0 Å². The van der Waals surface area contributed by atoms with Crippen LogP contribution in [0.15, 0.2) is 24.3 Å². The number of benzene rings is 1. The van der Waals surface area contributed by atoms with Crippen LogP contribution in [-0.2, 0) is 4.74 Å². The van der Waals surface area contributed by atoms with Crippen molar-refractivity contribution in [3.63, 3.8) is 0 Å². The summed E-state index contributed by atoms with van der Waals surface area (Å²) in [6, 6.07) is 6.95. The van der Waals surface area contributed by atoms with Gasteiger partial charge < -0.3 is 9.64 Å². The van der Waals surface area contributed by atoms with Crippen LogP contribution >= 0.6 is 0 Å². The van der Waals surface area contributed by atoms with E-state index in [4.69, 9.17) is 4.74 Å². The van der Waals surface area contributed by atoms with Gasteiger partial charge in [-0.3, -0.25) is 14.5 Å². The first-order chi connectivity index (χ1) is 9.16. The fourth-order valence-corrected chi connectivity index (χ4v) is 2.59. The highest BCUT2D eigenvalue weighted by molar-refractivity contribution is 6.21. The summed E-state index contributed by atoms with van der Waals surface area (Å²) in [7, 11) is 2.01. The van der Waals surface area contributed by atoms with Crippen LogP contribution in [0, 0.1) is 0 Å². The highest BCUT2D eigenvalue weighted by Gasteiger charge is 2.37. The summed E-state index contributed by atoms with van der Waals surface area (Å²) in [4.78, 5) is 27.8. The number of fused-ring (bicyclic) bond motifs is 1. The lowest BCUT2D eigenvalue weighted by Gasteiger charge is -2.31. The number of carbonyl (C=O) groups is 2. The van der Waals surface area contributed by atoms with E-state index in [-0.39, 0.29) is 17.9 Å². The molecule has 1 atom stereocenters. The molecule has 5 nitrogen and oxygen atoms in total. The Morgan fingerprint density at radius 2 is 1.84 bits per heavy atom. The number of morpholine rings is 1. The second-order valence-electron chi connectivity index (χ2n) is 5.02. The zero-order valence-electron chi connectivity index (χ0n) is 10.8. The molecule has 1 aromatic carbocycles. The largest absolute Gasteiger partial charge is 0.374 e. The molecule has 2 aliphatic heterocycles. The molecule has 100 valence electrons. The number of imide groups is 1. The van der Waals surface area contributed by atoms with Crippen LogP contribution in [0.25, 0.3) is 0 Å². The number of rotatable bonds is 2. The van der Waals surface area contributed by atoms with Gasteiger partial charge in [0.25, 0.3) is 11.8 Å². The minimum Gasteiger partial charge on any atom is -0.374 e. The molecule has 2 aliphatic rings. The van der Waals surface area contributed by atoms with Gasteiger partial charge in [0, 0.05) is 13.1 Å². The van der Waals surface area contributed by atoms with Crippen molar-refractivity contribution in [1.82, 2.24) is 9.80 Å². The molecule has 1 fully saturated rings. The smallest absolute Gasteiger partial charge is 0.261 e. The van der Waals surface area contributed by atoms with Gasteiger partial charge >= 0.3 is 0 Å². The average molecular weight is 260 g/mol. The molecule has 5 heteroatoms. The van der Waals surface area contributed by atoms with Gasteiger partial charge in [-0.1, -0.05) is 12.1 Å². The van der Waals surface area contributed by atoms with Crippen molar-refractivity contribution in [3.05, 3.63) is 35.4 Å². The van der Waals surface area contributed by atoms with Crippen molar-refractivity contribution < 1.29 is 14.3 Å². The summed E-state index contributed by atoms with van der Waals surface area (Å²) in [6.45, 7) is 2.60. The van der Waals surface area contributed by atoms with Crippen molar-refractivity contribution in [2.24, 2.45) is 0 Å². The Labute approximate surface area is 111 Å². The maximum Gasteiger partial charge on any atom is 0.261 e. The Balaban J connectivity index is 1.77. The van der Waals surface area contributed by atoms with E-state index in [2.05, 4.69) is 4.90 Å². The molecule has 3 rings (SSSR count). The molecule has 19 heavy (non-hydrogen) atoms. The first kappa shape index (κ1) is 12.3. The minimum absolute atomic E-state index is 0.0963. The number of nitrogens with zero attached hydrogens (tertiary/aromatic N) is 2. The highest BCUT2D eigenvalue weighted by atomic mass is 16.5. The van der Waals surface area contributed by atoms with Gasteiger partial charge in [-0.25, -0.2) is 0 Å². The Bertz CT molecular complexity index is 494. The van der Waals surface area contributed by atoms with Crippen LogP contribution < -0.4 is 0 Å². The van der Waals surface area contributed by atoms with Gasteiger partial charge in [0.15, 0.2) is 0 Å². The zero-order chi connectivity index (χ0) is 13.4. The maximum absolute atomic E-state index is 12.2. The Kier molecular flexibility index (Phi) is 3.08. The molecule has 0 saturated carbocycles. The zero-order valence-corrected chi connectivity index (χ0v) is 10.8. The van der Waals surface area contributed by atoms with Crippen molar-refractivity contribution >= 4 is 11.8 Å². The van der Waals surface area contributed by atoms with Crippen molar-refractivity contribution in [3.8, 4) is 0 Å². The SMILES string of the molecule is CN1CCO[C@H](CN2C(=O)c3ccccc3C2=O)C1. The van der Waals surface area contributed by atoms with Gasteiger partial charge in [-0.15, -0.1) is 0 Å². The second kappa shape index (κ2) is 4.75. The van der Waals surface area contributed by atoms with E-state index in [0.717, 1.165) is 13.1 Å². The van der Waals surface area contributed by atoms with Crippen LogP contribution in [0.3, 0.4) is 0 Å². The van der Waals surface area contributed by atoms with Crippen molar-refractivity contribution in [1.29, 1.82) is 0 Å². The molecule has 0 aliphatic carbocycles. The van der Waals surface area contributed by atoms with Crippen LogP contribution in [0.4, 0.5) is 0 Å². The third-order valence-corrected chi connectivity index (χ3v) is 3.61. The highest BCUT2D eigenvalue weighted by Crippen LogP contribution is 2.23. The van der Waals surface area contributed by atoms with E-state index in [9.17, 15) is 9.59 Å². The number of hydrogen-bond acceptors (Lipinski definition) is 4. The Morgan fingerprint density at radius 1 is 1.21 bits per heavy atom. The number of likely N-dealkylation sites (N-methyl/N-ethyl adjacent to an activating group) is 1. The maximum atomic E-state index is 12.2. The van der Waals surface area contributed by atoms with E-state index in [1.165, 1.54) is 4.90 Å². The Hall–Kier alpha value is -1.72. The fourth-order valence-electron chi connectivity index (χ4n) is 2.59. The molecule has 0 spiro atoms. The van der Waals surface area contributed by atoms with Crippen LogP contribution in [0.2, 0.25) is 0 Å². The normalized spacial score (nSPS) is 23.8. The molecule has 0 aromatic heterocycles. The molecule has 0 unspecified atom stereocenters. The summed E-state index contributed by atoms with van der Waals surface area (Å²) in [5.74, 6) is -0.421. The van der Waals surface area contributed by atoms with E-state index in [1.807, 2.05) is 7.05 Å². The van der Waals surface area contributed by atoms with Crippen LogP contribution in [0.5, 0.6) is 0 Å². The number of amides is 2. The molecular formula is C14H16N2O3. The quantitative estimate of drug-likeness (QED) is 0.731. The predicted molar refractivity (Wildman–Crippen MR) is 69.0 cm³/mol. The predicted octanol–water partition coefficient (Wildman–Crippen LogP) is 0.613. The first-order valence-corrected chi connectivity index (χ1v) is 6.42. The van der Waals surface area contributed by atoms with Gasteiger partial charge in [-0.2, -0.15) is 0 Å². The molecule has 1 aromatic rings. The lowest BCUT2D eigenvalue weighted by molar-refractivity contribution is -0.0297. The van der Waals surface area contributed by atoms with E-state index >= 15 is 0 Å². The van der Waals surface area contributed by atoms with E-state index in [0.29, 0.717) is 24.3 Å². The lowest BCUT2D eigenvalue weighted by Crippen LogP contribution is -2.47. The molecule has 0 N–H and O–H groups in total. The second-order valence-corrected chi connectivity index (χ2v) is 5.02. The molecule has 0 bridgehead atoms. The number of ether oxygens (including phenoxy) is 1. The van der Waals surface area contributed by atoms with Gasteiger partial charge in [0.1, 0.15) is 0 Å². The summed E-state index contributed by atoms with van der Waals surface area (Å²) >= 11 is 0. The minimum atomic E-state index is -0.211. The summed E-state index contributed by atoms with van der Waals surface area (Å²) in [5, 5.41) is 0. The first-order valence-electron chi connectivity index (χ1n) is 6.42. The summed E-state index contributed by atoms with van der Waals surface area (Å²) < 4.78 is 5.62. The molecule has 2 amide bonds. The summed E-state index contributed by atoms with van der Waals surface area (Å²) in [6.07, 6.45) is -0.0963. The van der Waals surface area contributed by atoms with E-state index < -0.39 is 0 Å². The van der Waals surface area contributed by atoms with Crippen molar-refractivity contribution in [2.45, 2.75) is 6.10 Å². The standard InChI is InChI=1S/C14H16N2O3/c1-15-6-7-19-10(8-15)9-16-13(17)11-4-2-3-5-12(11)14(16)18/h2-5,10H,6-9H2,1H3/t10-/m0/s1. The third kappa shape index (κ3) is 2.15. The number of hydrogen-bond donors (Lipinski definition) is 0. The van der Waals surface area contributed by atoms with Crippen LogP contribution in [0.1, 0.15) is 20.7 Å². The van der Waals surface area contributed by atoms with E-state index in [1.54, 1.807) is 24.3 Å². The average Bonchev–Trinajstić information content (AvgIpc) is 2.65. The molecule has 2 heterocycles. The number of carbonyl (C=O) groups excluding carboxylic acids is 2. The topological polar surface area (TPSA) is 49.9 Å². The summed E-state index contributed by atoms with van der Waals surface area (Å²) in [5.41, 5.74) is 0.994. The Morgan fingerprint density at radius 3 is 2.42 bits per heavy atom. The third-order valence-electron chi connectivity index (χ3n) is 3.61. The fraction of sp³-hybridized carbons (Fsp3) is 0.429. The van der Waals surface area contributed by atoms with Gasteiger partial charge in [0.2, 0.25) is 0 Å². The lowest BCUT2D eigenvalue weighted by atomic mass is 10.1. The molecular weight excluding hydrogens is 244 g/mol. The van der Waals surface area contributed by atoms with Gasteiger partial charge in [0.05, 0.1) is 30.4 Å². The monoisotopic (exact) mass is 260 g/mol. The molecule has 0 radical (unpaired) electrons. The van der Waals surface area contributed by atoms with Crippen molar-refractivity contribution in [2.75, 3.05) is 33.3 Å². The van der Waals surface area contributed by atoms with Gasteiger partial charge in [-0.05, 0) is 19.2 Å².